The van der Waals surface area contributed by atoms with Gasteiger partial charge < -0.3 is 9.73 Å². The number of nitrogens with zero attached hydrogens (tertiary/aromatic N) is 2. The molecule has 0 fully saturated rings. The molecule has 1 amide bonds. The number of benzene rings is 1. The second kappa shape index (κ2) is 6.90. The average Bonchev–Trinajstić information content (AvgIpc) is 2.85. The van der Waals surface area contributed by atoms with Crippen LogP contribution in [-0.4, -0.2) is 21.9 Å². The molecule has 1 N–H and O–H groups in total. The molecule has 5 nitrogen and oxygen atoms in total. The average molecular weight is 356 g/mol. The van der Waals surface area contributed by atoms with Crippen LogP contribution in [0.3, 0.4) is 0 Å². The fourth-order valence-electron chi connectivity index (χ4n) is 1.40. The standard InChI is InChI=1S/C13H14BrN3O2S/c1-8(2)12-16-17-13(19-12)20-7-11(18)15-10-5-3-4-9(14)6-10/h3-6,8H,7H2,1-2H3,(H,15,18). The number of halogens is 1. The Morgan fingerprint density at radius 1 is 1.45 bits per heavy atom. The van der Waals surface area contributed by atoms with E-state index in [0.29, 0.717) is 11.1 Å². The van der Waals surface area contributed by atoms with E-state index < -0.39 is 0 Å². The summed E-state index contributed by atoms with van der Waals surface area (Å²) >= 11 is 4.58. The fraction of sp³-hybridized carbons (Fsp3) is 0.308. The summed E-state index contributed by atoms with van der Waals surface area (Å²) in [5.74, 6) is 0.885. The van der Waals surface area contributed by atoms with Gasteiger partial charge in [0.15, 0.2) is 0 Å². The molecule has 2 aromatic rings. The quantitative estimate of drug-likeness (QED) is 0.828. The molecule has 0 bridgehead atoms. The van der Waals surface area contributed by atoms with Gasteiger partial charge >= 0.3 is 0 Å². The monoisotopic (exact) mass is 355 g/mol. The van der Waals surface area contributed by atoms with Gasteiger partial charge in [-0.2, -0.15) is 0 Å². The molecule has 7 heteroatoms. The van der Waals surface area contributed by atoms with Crippen molar-refractivity contribution in [1.82, 2.24) is 10.2 Å². The number of hydrogen-bond donors (Lipinski definition) is 1. The molecule has 0 saturated carbocycles. The molecule has 2 rings (SSSR count). The van der Waals surface area contributed by atoms with Crippen LogP contribution in [0.25, 0.3) is 0 Å². The van der Waals surface area contributed by atoms with Crippen LogP contribution in [0.4, 0.5) is 5.69 Å². The molecule has 0 aliphatic heterocycles. The Morgan fingerprint density at radius 3 is 2.90 bits per heavy atom. The van der Waals surface area contributed by atoms with E-state index in [1.165, 1.54) is 11.8 Å². The third-order valence-corrected chi connectivity index (χ3v) is 3.66. The highest BCUT2D eigenvalue weighted by Crippen LogP contribution is 2.21. The molecule has 1 aromatic heterocycles. The van der Waals surface area contributed by atoms with Crippen molar-refractivity contribution >= 4 is 39.3 Å². The SMILES string of the molecule is CC(C)c1nnc(SCC(=O)Nc2cccc(Br)c2)o1. The highest BCUT2D eigenvalue weighted by molar-refractivity contribution is 9.10. The zero-order valence-electron chi connectivity index (χ0n) is 11.1. The van der Waals surface area contributed by atoms with Crippen molar-refractivity contribution in [2.24, 2.45) is 0 Å². The molecular weight excluding hydrogens is 342 g/mol. The summed E-state index contributed by atoms with van der Waals surface area (Å²) in [6.07, 6.45) is 0. The van der Waals surface area contributed by atoms with Gasteiger partial charge in [0.2, 0.25) is 11.8 Å². The Bertz CT molecular complexity index is 601. The summed E-state index contributed by atoms with van der Waals surface area (Å²) in [5, 5.41) is 11.0. The van der Waals surface area contributed by atoms with Gasteiger partial charge in [-0.25, -0.2) is 0 Å². The summed E-state index contributed by atoms with van der Waals surface area (Å²) < 4.78 is 6.34. The van der Waals surface area contributed by atoms with Gasteiger partial charge in [-0.15, -0.1) is 10.2 Å². The van der Waals surface area contributed by atoms with E-state index in [0.717, 1.165) is 10.2 Å². The number of amides is 1. The molecule has 1 aromatic carbocycles. The minimum atomic E-state index is -0.114. The minimum Gasteiger partial charge on any atom is -0.416 e. The van der Waals surface area contributed by atoms with E-state index in [9.17, 15) is 4.79 Å². The molecule has 0 saturated heterocycles. The number of aromatic nitrogens is 2. The van der Waals surface area contributed by atoms with Gasteiger partial charge in [-0.3, -0.25) is 4.79 Å². The van der Waals surface area contributed by atoms with Crippen LogP contribution < -0.4 is 5.32 Å². The minimum absolute atomic E-state index is 0.114. The third-order valence-electron chi connectivity index (χ3n) is 2.35. The second-order valence-electron chi connectivity index (χ2n) is 4.41. The molecule has 0 spiro atoms. The molecule has 20 heavy (non-hydrogen) atoms. The predicted octanol–water partition coefficient (Wildman–Crippen LogP) is 3.69. The van der Waals surface area contributed by atoms with Crippen molar-refractivity contribution in [2.45, 2.75) is 25.0 Å². The van der Waals surface area contributed by atoms with E-state index in [2.05, 4.69) is 31.4 Å². The Kier molecular flexibility index (Phi) is 5.19. The van der Waals surface area contributed by atoms with Crippen LogP contribution in [0.2, 0.25) is 0 Å². The Labute approximate surface area is 129 Å². The number of thioether (sulfide) groups is 1. The molecule has 0 radical (unpaired) electrons. The van der Waals surface area contributed by atoms with Gasteiger partial charge in [-0.1, -0.05) is 47.6 Å². The maximum absolute atomic E-state index is 11.8. The summed E-state index contributed by atoms with van der Waals surface area (Å²) in [4.78, 5) is 11.8. The first-order valence-corrected chi connectivity index (χ1v) is 7.84. The van der Waals surface area contributed by atoms with Crippen LogP contribution in [-0.2, 0) is 4.79 Å². The normalized spacial score (nSPS) is 10.8. The van der Waals surface area contributed by atoms with Gasteiger partial charge in [0, 0.05) is 16.1 Å². The van der Waals surface area contributed by atoms with Crippen molar-refractivity contribution < 1.29 is 9.21 Å². The van der Waals surface area contributed by atoms with E-state index in [1.807, 2.05) is 38.1 Å². The molecule has 0 aliphatic rings. The Morgan fingerprint density at radius 2 is 2.25 bits per heavy atom. The first-order valence-electron chi connectivity index (χ1n) is 6.06. The lowest BCUT2D eigenvalue weighted by molar-refractivity contribution is -0.113. The van der Waals surface area contributed by atoms with Gasteiger partial charge in [0.25, 0.3) is 5.22 Å². The number of carbonyl (C=O) groups excluding carboxylic acids is 1. The maximum Gasteiger partial charge on any atom is 0.277 e. The Hall–Kier alpha value is -1.34. The molecule has 106 valence electrons. The zero-order valence-corrected chi connectivity index (χ0v) is 13.5. The first kappa shape index (κ1) is 15.1. The highest BCUT2D eigenvalue weighted by Gasteiger charge is 2.12. The van der Waals surface area contributed by atoms with Crippen molar-refractivity contribution in [3.05, 3.63) is 34.6 Å². The summed E-state index contributed by atoms with van der Waals surface area (Å²) in [5.41, 5.74) is 0.748. The second-order valence-corrected chi connectivity index (χ2v) is 6.25. The molecular formula is C13H14BrN3O2S. The number of hydrogen-bond acceptors (Lipinski definition) is 5. The number of rotatable bonds is 5. The maximum atomic E-state index is 11.8. The van der Waals surface area contributed by atoms with E-state index in [-0.39, 0.29) is 17.6 Å². The molecule has 0 aliphatic carbocycles. The number of nitrogens with one attached hydrogen (secondary N) is 1. The molecule has 0 atom stereocenters. The topological polar surface area (TPSA) is 68.0 Å². The first-order chi connectivity index (χ1) is 9.54. The largest absolute Gasteiger partial charge is 0.416 e. The van der Waals surface area contributed by atoms with Crippen molar-refractivity contribution in [3.63, 3.8) is 0 Å². The molecule has 1 heterocycles. The Balaban J connectivity index is 1.85. The van der Waals surface area contributed by atoms with Crippen LogP contribution in [0.5, 0.6) is 0 Å². The fourth-order valence-corrected chi connectivity index (χ4v) is 2.37. The summed E-state index contributed by atoms with van der Waals surface area (Å²) in [6, 6.07) is 7.43. The van der Waals surface area contributed by atoms with E-state index in [4.69, 9.17) is 4.42 Å². The highest BCUT2D eigenvalue weighted by atomic mass is 79.9. The lowest BCUT2D eigenvalue weighted by Gasteiger charge is -2.04. The summed E-state index contributed by atoms with van der Waals surface area (Å²) in [6.45, 7) is 3.95. The third kappa shape index (κ3) is 4.35. The van der Waals surface area contributed by atoms with Crippen LogP contribution in [0, 0.1) is 0 Å². The van der Waals surface area contributed by atoms with Gasteiger partial charge in [0.1, 0.15) is 0 Å². The van der Waals surface area contributed by atoms with Crippen molar-refractivity contribution in [2.75, 3.05) is 11.1 Å². The van der Waals surface area contributed by atoms with Crippen LogP contribution in [0.15, 0.2) is 38.4 Å². The summed E-state index contributed by atoms with van der Waals surface area (Å²) in [7, 11) is 0. The predicted molar refractivity (Wildman–Crippen MR) is 81.9 cm³/mol. The van der Waals surface area contributed by atoms with Crippen LogP contribution >= 0.6 is 27.7 Å². The number of carbonyl (C=O) groups is 1. The molecule has 0 unspecified atom stereocenters. The van der Waals surface area contributed by atoms with E-state index in [1.54, 1.807) is 0 Å². The van der Waals surface area contributed by atoms with Crippen molar-refractivity contribution in [3.8, 4) is 0 Å². The van der Waals surface area contributed by atoms with Crippen LogP contribution in [0.1, 0.15) is 25.7 Å². The van der Waals surface area contributed by atoms with Crippen molar-refractivity contribution in [1.29, 1.82) is 0 Å². The zero-order chi connectivity index (χ0) is 14.5. The van der Waals surface area contributed by atoms with E-state index >= 15 is 0 Å². The smallest absolute Gasteiger partial charge is 0.277 e. The van der Waals surface area contributed by atoms with Gasteiger partial charge in [0.05, 0.1) is 5.75 Å². The van der Waals surface area contributed by atoms with Gasteiger partial charge in [-0.05, 0) is 18.2 Å². The lowest BCUT2D eigenvalue weighted by Crippen LogP contribution is -2.13. The lowest BCUT2D eigenvalue weighted by atomic mass is 10.2. The number of anilines is 1.